The summed E-state index contributed by atoms with van der Waals surface area (Å²) in [6, 6.07) is 1.29. The number of hydrogen-bond acceptors (Lipinski definition) is 4. The lowest BCUT2D eigenvalue weighted by Crippen LogP contribution is -2.57. The molecule has 0 aromatic rings. The Balaban J connectivity index is 1.94. The minimum Gasteiger partial charge on any atom is -0.384 e. The molecule has 0 bridgehead atoms. The van der Waals surface area contributed by atoms with Crippen LogP contribution in [0.15, 0.2) is 0 Å². The molecule has 112 valence electrons. The molecular formula is C15H31N3O. The quantitative estimate of drug-likeness (QED) is 0.809. The molecule has 4 nitrogen and oxygen atoms in total. The number of hydrogen-bond donors (Lipinski definition) is 1. The summed E-state index contributed by atoms with van der Waals surface area (Å²) in [5, 5.41) is 0. The van der Waals surface area contributed by atoms with Crippen LogP contribution in [0.25, 0.3) is 0 Å². The molecule has 0 radical (unpaired) electrons. The molecule has 0 saturated carbocycles. The summed E-state index contributed by atoms with van der Waals surface area (Å²) in [5.74, 6) is 1.36. The summed E-state index contributed by atoms with van der Waals surface area (Å²) in [7, 11) is 4.08. The molecule has 2 rings (SSSR count). The van der Waals surface area contributed by atoms with Gasteiger partial charge in [0.05, 0.1) is 6.61 Å². The molecule has 2 fully saturated rings. The summed E-state index contributed by atoms with van der Waals surface area (Å²) >= 11 is 0. The molecule has 0 aromatic heterocycles. The van der Waals surface area contributed by atoms with Crippen LogP contribution < -0.4 is 5.73 Å². The van der Waals surface area contributed by atoms with Gasteiger partial charge in [-0.1, -0.05) is 6.92 Å². The van der Waals surface area contributed by atoms with Crippen molar-refractivity contribution in [3.63, 3.8) is 0 Å². The van der Waals surface area contributed by atoms with Crippen LogP contribution in [0.3, 0.4) is 0 Å². The van der Waals surface area contributed by atoms with Gasteiger partial charge in [-0.3, -0.25) is 4.90 Å². The van der Waals surface area contributed by atoms with Gasteiger partial charge in [0.1, 0.15) is 0 Å². The van der Waals surface area contributed by atoms with Crippen LogP contribution in [0.5, 0.6) is 0 Å². The first-order chi connectivity index (χ1) is 9.17. The van der Waals surface area contributed by atoms with E-state index in [1.54, 1.807) is 7.11 Å². The summed E-state index contributed by atoms with van der Waals surface area (Å²) in [5.41, 5.74) is 6.02. The monoisotopic (exact) mass is 269 g/mol. The second-order valence-corrected chi connectivity index (χ2v) is 6.47. The number of nitrogens with two attached hydrogens (primary N) is 1. The third-order valence-corrected chi connectivity index (χ3v) is 5.17. The van der Waals surface area contributed by atoms with Gasteiger partial charge >= 0.3 is 0 Å². The van der Waals surface area contributed by atoms with Crippen LogP contribution in [0.2, 0.25) is 0 Å². The Kier molecular flexibility index (Phi) is 5.63. The second-order valence-electron chi connectivity index (χ2n) is 6.47. The fraction of sp³-hybridized carbons (Fsp3) is 1.00. The highest BCUT2D eigenvalue weighted by molar-refractivity contribution is 4.92. The van der Waals surface area contributed by atoms with E-state index < -0.39 is 0 Å². The fourth-order valence-corrected chi connectivity index (χ4v) is 4.10. The van der Waals surface area contributed by atoms with E-state index in [1.807, 2.05) is 0 Å². The van der Waals surface area contributed by atoms with E-state index in [1.165, 1.54) is 38.9 Å². The van der Waals surface area contributed by atoms with Crippen molar-refractivity contribution in [2.24, 2.45) is 17.6 Å². The molecule has 2 N–H and O–H groups in total. The lowest BCUT2D eigenvalue weighted by Gasteiger charge is -2.48. The molecule has 4 unspecified atom stereocenters. The van der Waals surface area contributed by atoms with E-state index >= 15 is 0 Å². The maximum atomic E-state index is 6.02. The Hall–Kier alpha value is -0.160. The maximum absolute atomic E-state index is 6.02. The lowest BCUT2D eigenvalue weighted by molar-refractivity contribution is 0.000831. The van der Waals surface area contributed by atoms with Gasteiger partial charge < -0.3 is 15.4 Å². The number of fused-ring (bicyclic) bond motifs is 1. The van der Waals surface area contributed by atoms with Crippen molar-refractivity contribution in [1.29, 1.82) is 0 Å². The summed E-state index contributed by atoms with van der Waals surface area (Å²) < 4.78 is 5.31. The summed E-state index contributed by atoms with van der Waals surface area (Å²) in [4.78, 5) is 5.20. The van der Waals surface area contributed by atoms with Crippen molar-refractivity contribution in [2.45, 2.75) is 38.3 Å². The molecule has 4 heteroatoms. The highest BCUT2D eigenvalue weighted by atomic mass is 16.5. The Morgan fingerprint density at radius 2 is 2.11 bits per heavy atom. The first kappa shape index (κ1) is 15.2. The Bertz CT molecular complexity index is 274. The third kappa shape index (κ3) is 3.48. The van der Waals surface area contributed by atoms with Crippen LogP contribution in [-0.4, -0.2) is 68.8 Å². The SMILES string of the molecule is COCC(C)C(CN)N1CCC2C(CCCN2C)C1. The molecule has 0 spiro atoms. The highest BCUT2D eigenvalue weighted by Crippen LogP contribution is 2.31. The number of nitrogens with zero attached hydrogens (tertiary/aromatic N) is 2. The zero-order chi connectivity index (χ0) is 13.8. The topological polar surface area (TPSA) is 41.7 Å². The fourth-order valence-electron chi connectivity index (χ4n) is 4.10. The average molecular weight is 269 g/mol. The molecule has 0 amide bonds. The minimum atomic E-state index is 0.480. The molecule has 4 atom stereocenters. The zero-order valence-electron chi connectivity index (χ0n) is 12.8. The predicted octanol–water partition coefficient (Wildman–Crippen LogP) is 1.01. The van der Waals surface area contributed by atoms with E-state index in [0.29, 0.717) is 12.0 Å². The van der Waals surface area contributed by atoms with E-state index in [2.05, 4.69) is 23.8 Å². The van der Waals surface area contributed by atoms with Gasteiger partial charge in [-0.2, -0.15) is 0 Å². The number of rotatable bonds is 5. The Morgan fingerprint density at radius 1 is 1.32 bits per heavy atom. The van der Waals surface area contributed by atoms with E-state index in [9.17, 15) is 0 Å². The standard InChI is InChI=1S/C15H31N3O/c1-12(11-19-3)15(9-16)18-8-6-14-13(10-18)5-4-7-17(14)2/h12-15H,4-11,16H2,1-3H3. The average Bonchev–Trinajstić information content (AvgIpc) is 2.40. The van der Waals surface area contributed by atoms with E-state index in [-0.39, 0.29) is 0 Å². The first-order valence-electron chi connectivity index (χ1n) is 7.80. The molecular weight excluding hydrogens is 238 g/mol. The number of likely N-dealkylation sites (tertiary alicyclic amines) is 2. The largest absolute Gasteiger partial charge is 0.384 e. The van der Waals surface area contributed by atoms with Crippen LogP contribution in [0.4, 0.5) is 0 Å². The van der Waals surface area contributed by atoms with Crippen LogP contribution >= 0.6 is 0 Å². The Morgan fingerprint density at radius 3 is 2.79 bits per heavy atom. The van der Waals surface area contributed by atoms with Crippen molar-refractivity contribution in [3.05, 3.63) is 0 Å². The molecule has 2 aliphatic rings. The zero-order valence-corrected chi connectivity index (χ0v) is 12.8. The number of ether oxygens (including phenoxy) is 1. The normalized spacial score (nSPS) is 32.8. The molecule has 0 aromatic carbocycles. The van der Waals surface area contributed by atoms with Gasteiger partial charge in [0.2, 0.25) is 0 Å². The molecule has 2 heterocycles. The van der Waals surface area contributed by atoms with Gasteiger partial charge in [0.25, 0.3) is 0 Å². The van der Waals surface area contributed by atoms with Gasteiger partial charge in [0.15, 0.2) is 0 Å². The van der Waals surface area contributed by atoms with E-state index in [4.69, 9.17) is 10.5 Å². The van der Waals surface area contributed by atoms with Crippen LogP contribution in [0, 0.1) is 11.8 Å². The van der Waals surface area contributed by atoms with Gasteiger partial charge in [-0.25, -0.2) is 0 Å². The Labute approximate surface area is 118 Å². The van der Waals surface area contributed by atoms with Crippen molar-refractivity contribution in [3.8, 4) is 0 Å². The van der Waals surface area contributed by atoms with Gasteiger partial charge in [-0.15, -0.1) is 0 Å². The van der Waals surface area contributed by atoms with Crippen molar-refractivity contribution in [2.75, 3.05) is 46.9 Å². The number of piperidine rings is 2. The van der Waals surface area contributed by atoms with Gasteiger partial charge in [0, 0.05) is 38.8 Å². The van der Waals surface area contributed by atoms with Crippen LogP contribution in [-0.2, 0) is 4.74 Å². The molecule has 2 aliphatic heterocycles. The van der Waals surface area contributed by atoms with Gasteiger partial charge in [-0.05, 0) is 44.7 Å². The minimum absolute atomic E-state index is 0.480. The van der Waals surface area contributed by atoms with E-state index in [0.717, 1.165) is 25.1 Å². The van der Waals surface area contributed by atoms with Crippen molar-refractivity contribution >= 4 is 0 Å². The molecule has 0 aliphatic carbocycles. The number of methoxy groups -OCH3 is 1. The smallest absolute Gasteiger partial charge is 0.0503 e. The maximum Gasteiger partial charge on any atom is 0.0503 e. The van der Waals surface area contributed by atoms with Crippen molar-refractivity contribution < 1.29 is 4.74 Å². The first-order valence-corrected chi connectivity index (χ1v) is 7.80. The van der Waals surface area contributed by atoms with Crippen molar-refractivity contribution in [1.82, 2.24) is 9.80 Å². The van der Waals surface area contributed by atoms with Crippen LogP contribution in [0.1, 0.15) is 26.2 Å². The molecule has 2 saturated heterocycles. The predicted molar refractivity (Wildman–Crippen MR) is 79.2 cm³/mol. The highest BCUT2D eigenvalue weighted by Gasteiger charge is 2.37. The lowest BCUT2D eigenvalue weighted by atomic mass is 9.83. The third-order valence-electron chi connectivity index (χ3n) is 5.17. The summed E-state index contributed by atoms with van der Waals surface area (Å²) in [6.07, 6.45) is 4.05. The summed E-state index contributed by atoms with van der Waals surface area (Å²) in [6.45, 7) is 7.53. The second kappa shape index (κ2) is 7.02. The molecule has 19 heavy (non-hydrogen) atoms.